The van der Waals surface area contributed by atoms with Gasteiger partial charge in [0.05, 0.1) is 17.6 Å². The smallest absolute Gasteiger partial charge is 0.0679 e. The average molecular weight is 230 g/mol. The number of aromatic nitrogens is 3. The predicted octanol–water partition coefficient (Wildman–Crippen LogP) is 2.11. The van der Waals surface area contributed by atoms with Crippen LogP contribution in [-0.2, 0) is 6.54 Å². The van der Waals surface area contributed by atoms with E-state index in [9.17, 15) is 0 Å². The molecule has 2 aromatic rings. The molecule has 4 heteroatoms. The second-order valence-corrected chi connectivity index (χ2v) is 4.36. The van der Waals surface area contributed by atoms with Crippen molar-refractivity contribution < 1.29 is 0 Å². The van der Waals surface area contributed by atoms with E-state index in [4.69, 9.17) is 0 Å². The van der Waals surface area contributed by atoms with Crippen molar-refractivity contribution in [1.29, 1.82) is 0 Å². The molecule has 0 atom stereocenters. The maximum atomic E-state index is 4.48. The Labute approximate surface area is 102 Å². The van der Waals surface area contributed by atoms with E-state index in [2.05, 4.69) is 29.2 Å². The van der Waals surface area contributed by atoms with Crippen molar-refractivity contribution >= 4 is 0 Å². The van der Waals surface area contributed by atoms with Gasteiger partial charge in [0.15, 0.2) is 0 Å². The molecule has 17 heavy (non-hydrogen) atoms. The summed E-state index contributed by atoms with van der Waals surface area (Å²) < 4.78 is 2.00. The third-order valence-corrected chi connectivity index (χ3v) is 2.71. The first-order valence-electron chi connectivity index (χ1n) is 5.85. The van der Waals surface area contributed by atoms with Crippen molar-refractivity contribution in [2.24, 2.45) is 0 Å². The maximum Gasteiger partial charge on any atom is 0.0679 e. The number of pyridine rings is 1. The van der Waals surface area contributed by atoms with Crippen LogP contribution >= 0.6 is 0 Å². The van der Waals surface area contributed by atoms with E-state index in [1.807, 2.05) is 30.1 Å². The van der Waals surface area contributed by atoms with Crippen LogP contribution in [0.2, 0.25) is 0 Å². The molecule has 2 aromatic heterocycles. The predicted molar refractivity (Wildman–Crippen MR) is 68.2 cm³/mol. The molecule has 0 saturated heterocycles. The standard InChI is InChI=1S/C13H18N4/c1-10(2)13-11(8-14-3)9-16-17(13)12-4-6-15-7-5-12/h4-7,9-10,14H,8H2,1-3H3. The van der Waals surface area contributed by atoms with Gasteiger partial charge in [-0.15, -0.1) is 0 Å². The molecular formula is C13H18N4. The molecule has 90 valence electrons. The average Bonchev–Trinajstić information content (AvgIpc) is 2.74. The Hall–Kier alpha value is -1.68. The summed E-state index contributed by atoms with van der Waals surface area (Å²) in [5.74, 6) is 0.439. The number of nitrogens with one attached hydrogen (secondary N) is 1. The zero-order valence-electron chi connectivity index (χ0n) is 10.5. The minimum Gasteiger partial charge on any atom is -0.316 e. The largest absolute Gasteiger partial charge is 0.316 e. The van der Waals surface area contributed by atoms with E-state index < -0.39 is 0 Å². The Morgan fingerprint density at radius 3 is 2.59 bits per heavy atom. The molecule has 0 fully saturated rings. The summed E-state index contributed by atoms with van der Waals surface area (Å²) >= 11 is 0. The number of hydrogen-bond acceptors (Lipinski definition) is 3. The molecule has 0 spiro atoms. The second-order valence-electron chi connectivity index (χ2n) is 4.36. The normalized spacial score (nSPS) is 11.1. The Kier molecular flexibility index (Phi) is 3.54. The summed E-state index contributed by atoms with van der Waals surface area (Å²) in [5.41, 5.74) is 3.57. The van der Waals surface area contributed by atoms with Crippen LogP contribution in [0.5, 0.6) is 0 Å². The quantitative estimate of drug-likeness (QED) is 0.874. The highest BCUT2D eigenvalue weighted by Crippen LogP contribution is 2.22. The van der Waals surface area contributed by atoms with Gasteiger partial charge in [-0.2, -0.15) is 5.10 Å². The zero-order valence-corrected chi connectivity index (χ0v) is 10.5. The van der Waals surface area contributed by atoms with Crippen molar-refractivity contribution in [1.82, 2.24) is 20.1 Å². The zero-order chi connectivity index (χ0) is 12.3. The van der Waals surface area contributed by atoms with Gasteiger partial charge in [0, 0.05) is 24.5 Å². The molecule has 0 aliphatic carbocycles. The Bertz CT molecular complexity index is 473. The van der Waals surface area contributed by atoms with Gasteiger partial charge in [0.1, 0.15) is 0 Å². The minimum atomic E-state index is 0.439. The Morgan fingerprint density at radius 2 is 2.00 bits per heavy atom. The molecule has 4 nitrogen and oxygen atoms in total. The summed E-state index contributed by atoms with van der Waals surface area (Å²) in [6, 6.07) is 3.95. The first-order chi connectivity index (χ1) is 8.24. The number of hydrogen-bond donors (Lipinski definition) is 1. The highest BCUT2D eigenvalue weighted by Gasteiger charge is 2.14. The lowest BCUT2D eigenvalue weighted by molar-refractivity contribution is 0.712. The second kappa shape index (κ2) is 5.10. The molecule has 0 amide bonds. The van der Waals surface area contributed by atoms with Gasteiger partial charge in [-0.25, -0.2) is 4.68 Å². The fourth-order valence-electron chi connectivity index (χ4n) is 2.02. The summed E-state index contributed by atoms with van der Waals surface area (Å²) in [4.78, 5) is 4.04. The first-order valence-corrected chi connectivity index (χ1v) is 5.85. The fourth-order valence-corrected chi connectivity index (χ4v) is 2.02. The Morgan fingerprint density at radius 1 is 1.29 bits per heavy atom. The minimum absolute atomic E-state index is 0.439. The van der Waals surface area contributed by atoms with Crippen LogP contribution in [0.1, 0.15) is 31.0 Å². The third-order valence-electron chi connectivity index (χ3n) is 2.71. The van der Waals surface area contributed by atoms with E-state index in [-0.39, 0.29) is 0 Å². The molecule has 0 radical (unpaired) electrons. The van der Waals surface area contributed by atoms with Gasteiger partial charge >= 0.3 is 0 Å². The van der Waals surface area contributed by atoms with Crippen molar-refractivity contribution in [2.75, 3.05) is 7.05 Å². The molecule has 0 aliphatic rings. The molecule has 0 unspecified atom stereocenters. The van der Waals surface area contributed by atoms with Crippen molar-refractivity contribution in [2.45, 2.75) is 26.3 Å². The lowest BCUT2D eigenvalue weighted by Gasteiger charge is -2.12. The van der Waals surface area contributed by atoms with E-state index in [1.165, 1.54) is 11.3 Å². The molecule has 0 aliphatic heterocycles. The van der Waals surface area contributed by atoms with E-state index in [1.54, 1.807) is 12.4 Å². The van der Waals surface area contributed by atoms with Crippen LogP contribution < -0.4 is 5.32 Å². The lowest BCUT2D eigenvalue weighted by Crippen LogP contribution is -2.10. The number of nitrogens with zero attached hydrogens (tertiary/aromatic N) is 3. The van der Waals surface area contributed by atoms with E-state index >= 15 is 0 Å². The van der Waals surface area contributed by atoms with Crippen molar-refractivity contribution in [3.05, 3.63) is 42.0 Å². The van der Waals surface area contributed by atoms with Crippen LogP contribution in [-0.4, -0.2) is 21.8 Å². The van der Waals surface area contributed by atoms with E-state index in [0.717, 1.165) is 12.2 Å². The molecule has 2 heterocycles. The summed E-state index contributed by atoms with van der Waals surface area (Å²) in [5, 5.41) is 7.65. The van der Waals surface area contributed by atoms with Crippen LogP contribution in [0.3, 0.4) is 0 Å². The molecule has 0 bridgehead atoms. The van der Waals surface area contributed by atoms with Gasteiger partial charge in [0.25, 0.3) is 0 Å². The van der Waals surface area contributed by atoms with Gasteiger partial charge in [0.2, 0.25) is 0 Å². The monoisotopic (exact) mass is 230 g/mol. The lowest BCUT2D eigenvalue weighted by atomic mass is 10.1. The van der Waals surface area contributed by atoms with Crippen LogP contribution in [0.25, 0.3) is 5.69 Å². The van der Waals surface area contributed by atoms with Crippen LogP contribution in [0.15, 0.2) is 30.7 Å². The third kappa shape index (κ3) is 2.36. The molecule has 0 saturated carbocycles. The highest BCUT2D eigenvalue weighted by atomic mass is 15.3. The van der Waals surface area contributed by atoms with Gasteiger partial charge < -0.3 is 5.32 Å². The van der Waals surface area contributed by atoms with Gasteiger partial charge in [-0.3, -0.25) is 4.98 Å². The molecule has 2 rings (SSSR count). The summed E-state index contributed by atoms with van der Waals surface area (Å²) in [6.45, 7) is 5.22. The maximum absolute atomic E-state index is 4.48. The van der Waals surface area contributed by atoms with E-state index in [0.29, 0.717) is 5.92 Å². The molecule has 1 N–H and O–H groups in total. The van der Waals surface area contributed by atoms with Gasteiger partial charge in [-0.1, -0.05) is 13.8 Å². The van der Waals surface area contributed by atoms with Crippen LogP contribution in [0.4, 0.5) is 0 Å². The first kappa shape index (κ1) is 11.8. The van der Waals surface area contributed by atoms with Crippen molar-refractivity contribution in [3.63, 3.8) is 0 Å². The summed E-state index contributed by atoms with van der Waals surface area (Å²) in [6.07, 6.45) is 5.52. The Balaban J connectivity index is 2.48. The molecular weight excluding hydrogens is 212 g/mol. The van der Waals surface area contributed by atoms with Crippen LogP contribution in [0, 0.1) is 0 Å². The topological polar surface area (TPSA) is 42.7 Å². The highest BCUT2D eigenvalue weighted by molar-refractivity contribution is 5.34. The molecule has 0 aromatic carbocycles. The van der Waals surface area contributed by atoms with Crippen molar-refractivity contribution in [3.8, 4) is 5.69 Å². The SMILES string of the molecule is CNCc1cnn(-c2ccncc2)c1C(C)C. The number of rotatable bonds is 4. The van der Waals surface area contributed by atoms with Gasteiger partial charge in [-0.05, 0) is 25.1 Å². The summed E-state index contributed by atoms with van der Waals surface area (Å²) in [7, 11) is 1.95. The fraction of sp³-hybridized carbons (Fsp3) is 0.385.